The van der Waals surface area contributed by atoms with Gasteiger partial charge in [0.1, 0.15) is 28.7 Å². The summed E-state index contributed by atoms with van der Waals surface area (Å²) in [6.45, 7) is 0. The molecule has 0 aliphatic rings. The van der Waals surface area contributed by atoms with Gasteiger partial charge in [-0.2, -0.15) is 0 Å². The van der Waals surface area contributed by atoms with Crippen molar-refractivity contribution in [2.75, 3.05) is 14.2 Å². The Labute approximate surface area is 127 Å². The van der Waals surface area contributed by atoms with Gasteiger partial charge in [0, 0.05) is 0 Å². The summed E-state index contributed by atoms with van der Waals surface area (Å²) in [6, 6.07) is 11.8. The standard InChI is InChI=1S/C17H15FN2O2/c1-21-14-4-3-5-15(22-2)16(14)17-19-10-13(20-17)11-6-8-12(18)9-7-11/h3-10H,1-2H3,(H,19,20). The summed E-state index contributed by atoms with van der Waals surface area (Å²) in [4.78, 5) is 7.61. The monoisotopic (exact) mass is 298 g/mol. The number of nitrogens with zero attached hydrogens (tertiary/aromatic N) is 1. The van der Waals surface area contributed by atoms with Gasteiger partial charge in [-0.3, -0.25) is 0 Å². The Morgan fingerprint density at radius 3 is 2.18 bits per heavy atom. The van der Waals surface area contributed by atoms with E-state index in [0.29, 0.717) is 17.3 Å². The van der Waals surface area contributed by atoms with E-state index in [2.05, 4.69) is 9.97 Å². The number of imidazole rings is 1. The molecule has 0 aliphatic heterocycles. The lowest BCUT2D eigenvalue weighted by Gasteiger charge is -2.10. The number of hydrogen-bond donors (Lipinski definition) is 1. The van der Waals surface area contributed by atoms with Crippen molar-refractivity contribution in [3.8, 4) is 34.1 Å². The van der Waals surface area contributed by atoms with Crippen LogP contribution in [0, 0.1) is 5.82 Å². The van der Waals surface area contributed by atoms with E-state index in [-0.39, 0.29) is 5.82 Å². The lowest BCUT2D eigenvalue weighted by molar-refractivity contribution is 0.397. The molecular weight excluding hydrogens is 283 g/mol. The first-order chi connectivity index (χ1) is 10.7. The fourth-order valence-corrected chi connectivity index (χ4v) is 2.31. The summed E-state index contributed by atoms with van der Waals surface area (Å²) in [6.07, 6.45) is 1.70. The third-order valence-electron chi connectivity index (χ3n) is 3.40. The van der Waals surface area contributed by atoms with Crippen LogP contribution in [-0.2, 0) is 0 Å². The third-order valence-corrected chi connectivity index (χ3v) is 3.40. The molecule has 22 heavy (non-hydrogen) atoms. The largest absolute Gasteiger partial charge is 0.496 e. The predicted molar refractivity (Wildman–Crippen MR) is 82.5 cm³/mol. The molecule has 1 aromatic heterocycles. The molecule has 0 amide bonds. The normalized spacial score (nSPS) is 10.5. The molecule has 112 valence electrons. The minimum atomic E-state index is -0.269. The smallest absolute Gasteiger partial charge is 0.145 e. The van der Waals surface area contributed by atoms with Crippen molar-refractivity contribution >= 4 is 0 Å². The molecule has 5 heteroatoms. The zero-order valence-electron chi connectivity index (χ0n) is 12.3. The average molecular weight is 298 g/mol. The third kappa shape index (κ3) is 2.53. The summed E-state index contributed by atoms with van der Waals surface area (Å²) < 4.78 is 23.8. The molecule has 0 spiro atoms. The maximum Gasteiger partial charge on any atom is 0.145 e. The number of methoxy groups -OCH3 is 2. The van der Waals surface area contributed by atoms with Gasteiger partial charge < -0.3 is 14.5 Å². The van der Waals surface area contributed by atoms with Crippen molar-refractivity contribution in [1.29, 1.82) is 0 Å². The molecule has 3 rings (SSSR count). The summed E-state index contributed by atoms with van der Waals surface area (Å²) in [5, 5.41) is 0. The van der Waals surface area contributed by atoms with E-state index in [1.165, 1.54) is 12.1 Å². The first-order valence-electron chi connectivity index (χ1n) is 6.75. The lowest BCUT2D eigenvalue weighted by Crippen LogP contribution is -1.94. The number of ether oxygens (including phenoxy) is 2. The van der Waals surface area contributed by atoms with Gasteiger partial charge in [0.25, 0.3) is 0 Å². The summed E-state index contributed by atoms with van der Waals surface area (Å²) in [5.74, 6) is 1.70. The van der Waals surface area contributed by atoms with Crippen LogP contribution in [-0.4, -0.2) is 24.2 Å². The summed E-state index contributed by atoms with van der Waals surface area (Å²) in [7, 11) is 3.20. The number of aromatic nitrogens is 2. The summed E-state index contributed by atoms with van der Waals surface area (Å²) in [5.41, 5.74) is 2.40. The number of halogens is 1. The van der Waals surface area contributed by atoms with Gasteiger partial charge in [-0.15, -0.1) is 0 Å². The SMILES string of the molecule is COc1cccc(OC)c1-c1ncc(-c2ccc(F)cc2)[nH]1. The van der Waals surface area contributed by atoms with Crippen molar-refractivity contribution in [1.82, 2.24) is 9.97 Å². The van der Waals surface area contributed by atoms with E-state index >= 15 is 0 Å². The Balaban J connectivity index is 2.06. The van der Waals surface area contributed by atoms with Crippen LogP contribution in [0.4, 0.5) is 4.39 Å². The van der Waals surface area contributed by atoms with E-state index in [0.717, 1.165) is 16.8 Å². The van der Waals surface area contributed by atoms with Gasteiger partial charge in [0.2, 0.25) is 0 Å². The van der Waals surface area contributed by atoms with Crippen LogP contribution in [0.15, 0.2) is 48.7 Å². The molecule has 0 unspecified atom stereocenters. The minimum absolute atomic E-state index is 0.269. The molecule has 3 aromatic rings. The fourth-order valence-electron chi connectivity index (χ4n) is 2.31. The Kier molecular flexibility index (Phi) is 3.78. The van der Waals surface area contributed by atoms with Crippen molar-refractivity contribution in [3.05, 3.63) is 54.5 Å². The van der Waals surface area contributed by atoms with E-state index < -0.39 is 0 Å². The lowest BCUT2D eigenvalue weighted by atomic mass is 10.1. The first kappa shape index (κ1) is 14.1. The number of rotatable bonds is 4. The molecule has 1 N–H and O–H groups in total. The van der Waals surface area contributed by atoms with E-state index in [9.17, 15) is 4.39 Å². The molecule has 2 aromatic carbocycles. The van der Waals surface area contributed by atoms with Crippen LogP contribution in [0.1, 0.15) is 0 Å². The van der Waals surface area contributed by atoms with Gasteiger partial charge in [-0.05, 0) is 42.0 Å². The number of nitrogens with one attached hydrogen (secondary N) is 1. The topological polar surface area (TPSA) is 47.1 Å². The quantitative estimate of drug-likeness (QED) is 0.794. The average Bonchev–Trinajstić information content (AvgIpc) is 3.04. The Morgan fingerprint density at radius 1 is 0.955 bits per heavy atom. The van der Waals surface area contributed by atoms with Gasteiger partial charge in [-0.1, -0.05) is 6.07 Å². The molecule has 0 fully saturated rings. The van der Waals surface area contributed by atoms with Gasteiger partial charge in [0.05, 0.1) is 26.1 Å². The van der Waals surface area contributed by atoms with E-state index in [1.54, 1.807) is 32.5 Å². The van der Waals surface area contributed by atoms with Crippen LogP contribution >= 0.6 is 0 Å². The van der Waals surface area contributed by atoms with Gasteiger partial charge in [0.15, 0.2) is 0 Å². The second kappa shape index (κ2) is 5.89. The number of benzene rings is 2. The molecule has 1 heterocycles. The molecule has 0 atom stereocenters. The van der Waals surface area contributed by atoms with Crippen LogP contribution in [0.5, 0.6) is 11.5 Å². The van der Waals surface area contributed by atoms with Crippen molar-refractivity contribution in [2.24, 2.45) is 0 Å². The second-order valence-corrected chi connectivity index (χ2v) is 4.69. The van der Waals surface area contributed by atoms with E-state index in [4.69, 9.17) is 9.47 Å². The molecular formula is C17H15FN2O2. The molecule has 4 nitrogen and oxygen atoms in total. The zero-order valence-corrected chi connectivity index (χ0v) is 12.3. The van der Waals surface area contributed by atoms with Crippen LogP contribution < -0.4 is 9.47 Å². The number of H-pyrrole nitrogens is 1. The Hall–Kier alpha value is -2.82. The highest BCUT2D eigenvalue weighted by molar-refractivity contribution is 5.74. The predicted octanol–water partition coefficient (Wildman–Crippen LogP) is 3.90. The fraction of sp³-hybridized carbons (Fsp3) is 0.118. The minimum Gasteiger partial charge on any atom is -0.496 e. The summed E-state index contributed by atoms with van der Waals surface area (Å²) >= 11 is 0. The maximum absolute atomic E-state index is 13.0. The zero-order chi connectivity index (χ0) is 15.5. The highest BCUT2D eigenvalue weighted by atomic mass is 19.1. The Morgan fingerprint density at radius 2 is 1.59 bits per heavy atom. The Bertz CT molecular complexity index is 759. The highest BCUT2D eigenvalue weighted by Gasteiger charge is 2.15. The molecule has 0 aliphatic carbocycles. The number of hydrogen-bond acceptors (Lipinski definition) is 3. The van der Waals surface area contributed by atoms with Crippen molar-refractivity contribution in [2.45, 2.75) is 0 Å². The van der Waals surface area contributed by atoms with Crippen molar-refractivity contribution < 1.29 is 13.9 Å². The molecule has 0 radical (unpaired) electrons. The van der Waals surface area contributed by atoms with Crippen LogP contribution in [0.2, 0.25) is 0 Å². The number of aromatic amines is 1. The first-order valence-corrected chi connectivity index (χ1v) is 6.75. The van der Waals surface area contributed by atoms with Gasteiger partial charge in [-0.25, -0.2) is 9.37 Å². The molecule has 0 bridgehead atoms. The molecule has 0 saturated carbocycles. The highest BCUT2D eigenvalue weighted by Crippen LogP contribution is 2.37. The van der Waals surface area contributed by atoms with Crippen molar-refractivity contribution in [3.63, 3.8) is 0 Å². The maximum atomic E-state index is 13.0. The van der Waals surface area contributed by atoms with Crippen LogP contribution in [0.3, 0.4) is 0 Å². The van der Waals surface area contributed by atoms with Crippen LogP contribution in [0.25, 0.3) is 22.6 Å². The molecule has 0 saturated heterocycles. The van der Waals surface area contributed by atoms with E-state index in [1.807, 2.05) is 18.2 Å². The second-order valence-electron chi connectivity index (χ2n) is 4.69. The van der Waals surface area contributed by atoms with Gasteiger partial charge >= 0.3 is 0 Å².